The summed E-state index contributed by atoms with van der Waals surface area (Å²) in [6, 6.07) is 31.2. The highest BCUT2D eigenvalue weighted by Crippen LogP contribution is 2.18. The Hall–Kier alpha value is -6.16. The summed E-state index contributed by atoms with van der Waals surface area (Å²) in [6.07, 6.45) is 7.88. The van der Waals surface area contributed by atoms with Crippen LogP contribution in [0.15, 0.2) is 130 Å². The van der Waals surface area contributed by atoms with Crippen LogP contribution in [0.1, 0.15) is 68.7 Å². The van der Waals surface area contributed by atoms with Gasteiger partial charge >= 0.3 is 11.9 Å². The molecule has 0 atom stereocenters. The second-order valence-corrected chi connectivity index (χ2v) is 11.9. The van der Waals surface area contributed by atoms with E-state index in [2.05, 4.69) is 26.8 Å². The summed E-state index contributed by atoms with van der Waals surface area (Å²) in [5.41, 5.74) is 7.09. The lowest BCUT2D eigenvalue weighted by Crippen LogP contribution is -2.04. The first-order valence-electron chi connectivity index (χ1n) is 17.6. The minimum atomic E-state index is -0.406. The number of unbranched alkanes of at least 4 members (excludes halogenated alkanes) is 2. The predicted octanol–water partition coefficient (Wildman–Crippen LogP) is 9.03. The smallest absolute Gasteiger partial charge is 0.330 e. The van der Waals surface area contributed by atoms with Crippen LogP contribution in [0.4, 0.5) is 11.4 Å². The summed E-state index contributed by atoms with van der Waals surface area (Å²) < 4.78 is 21.4. The van der Waals surface area contributed by atoms with E-state index in [1.165, 1.54) is 6.92 Å². The fourth-order valence-electron chi connectivity index (χ4n) is 4.68. The minimum Gasteiger partial charge on any atom is -0.494 e. The molecule has 0 saturated carbocycles. The van der Waals surface area contributed by atoms with Gasteiger partial charge in [0.05, 0.1) is 49.2 Å². The molecule has 0 aliphatic rings. The van der Waals surface area contributed by atoms with E-state index in [1.54, 1.807) is 0 Å². The van der Waals surface area contributed by atoms with Crippen molar-refractivity contribution in [3.05, 3.63) is 132 Å². The number of hydrogen-bond donors (Lipinski definition) is 0. The van der Waals surface area contributed by atoms with Gasteiger partial charge in [-0.1, -0.05) is 30.8 Å². The lowest BCUT2D eigenvalue weighted by atomic mass is 10.1. The van der Waals surface area contributed by atoms with Gasteiger partial charge in [-0.25, -0.2) is 4.79 Å². The standard InChI is InChI=1S/C43H46N4O6/c1-5-43(49)53-29-9-8-28-52-42-24-12-36(13-25-42)31-45-40-20-16-38(17-21-40)33(3)47-46-32(2)37-14-18-39(19-15-37)44-30-35-10-22-41(23-11-35)51-27-7-6-26-50-34(4)48/h5,10-25,30-31H,1,6-9,26-29H2,2-4H3/b44-30?,45-31?,46-32+,47-33+. The van der Waals surface area contributed by atoms with Gasteiger partial charge in [0.25, 0.3) is 0 Å². The summed E-state index contributed by atoms with van der Waals surface area (Å²) in [6.45, 7) is 10.5. The van der Waals surface area contributed by atoms with Gasteiger partial charge in [0, 0.05) is 25.4 Å². The average molecular weight is 715 g/mol. The van der Waals surface area contributed by atoms with Gasteiger partial charge in [0.2, 0.25) is 0 Å². The Balaban J connectivity index is 1.20. The first kappa shape index (κ1) is 39.6. The van der Waals surface area contributed by atoms with Crippen molar-refractivity contribution in [3.63, 3.8) is 0 Å². The minimum absolute atomic E-state index is 0.258. The third kappa shape index (κ3) is 14.9. The van der Waals surface area contributed by atoms with E-state index >= 15 is 0 Å². The fourth-order valence-corrected chi connectivity index (χ4v) is 4.68. The summed E-state index contributed by atoms with van der Waals surface area (Å²) in [5.74, 6) is 0.899. The zero-order valence-corrected chi connectivity index (χ0v) is 30.6. The number of aliphatic imine (C=N–C) groups is 2. The third-order valence-corrected chi connectivity index (χ3v) is 7.74. The van der Waals surface area contributed by atoms with Crippen LogP contribution in [-0.4, -0.2) is 62.2 Å². The Morgan fingerprint density at radius 2 is 0.943 bits per heavy atom. The molecule has 0 N–H and O–H groups in total. The lowest BCUT2D eigenvalue weighted by molar-refractivity contribution is -0.141. The first-order chi connectivity index (χ1) is 25.8. The van der Waals surface area contributed by atoms with Crippen LogP contribution in [0.2, 0.25) is 0 Å². The molecule has 4 rings (SSSR count). The van der Waals surface area contributed by atoms with Crippen molar-refractivity contribution in [1.29, 1.82) is 0 Å². The van der Waals surface area contributed by atoms with Crippen LogP contribution in [0.25, 0.3) is 0 Å². The summed E-state index contributed by atoms with van der Waals surface area (Å²) in [4.78, 5) is 31.0. The Labute approximate surface area is 311 Å². The van der Waals surface area contributed by atoms with Gasteiger partial charge in [0.1, 0.15) is 11.5 Å². The fraction of sp³-hybridized carbons (Fsp3) is 0.256. The van der Waals surface area contributed by atoms with Gasteiger partial charge in [-0.05, 0) is 135 Å². The number of rotatable bonds is 20. The first-order valence-corrected chi connectivity index (χ1v) is 17.6. The van der Waals surface area contributed by atoms with Crippen LogP contribution in [0.5, 0.6) is 11.5 Å². The predicted molar refractivity (Wildman–Crippen MR) is 212 cm³/mol. The lowest BCUT2D eigenvalue weighted by Gasteiger charge is -2.06. The Morgan fingerprint density at radius 1 is 0.547 bits per heavy atom. The van der Waals surface area contributed by atoms with Crippen molar-refractivity contribution in [2.75, 3.05) is 26.4 Å². The van der Waals surface area contributed by atoms with Gasteiger partial charge < -0.3 is 18.9 Å². The molecule has 10 nitrogen and oxygen atoms in total. The van der Waals surface area contributed by atoms with Crippen LogP contribution < -0.4 is 9.47 Å². The van der Waals surface area contributed by atoms with Crippen molar-refractivity contribution < 1.29 is 28.5 Å². The van der Waals surface area contributed by atoms with E-state index in [1.807, 2.05) is 123 Å². The molecule has 274 valence electrons. The number of hydrogen-bond acceptors (Lipinski definition) is 10. The Morgan fingerprint density at radius 3 is 1.34 bits per heavy atom. The van der Waals surface area contributed by atoms with Crippen LogP contribution in [-0.2, 0) is 19.1 Å². The zero-order chi connectivity index (χ0) is 37.7. The van der Waals surface area contributed by atoms with E-state index in [-0.39, 0.29) is 5.97 Å². The molecule has 0 heterocycles. The van der Waals surface area contributed by atoms with Crippen molar-refractivity contribution >= 4 is 47.2 Å². The number of carbonyl (C=O) groups is 2. The highest BCUT2D eigenvalue weighted by molar-refractivity contribution is 6.02. The Kier molecular flexibility index (Phi) is 16.4. The maximum absolute atomic E-state index is 11.1. The molecule has 0 saturated heterocycles. The van der Waals surface area contributed by atoms with Crippen molar-refractivity contribution in [1.82, 2.24) is 0 Å². The molecule has 0 spiro atoms. The van der Waals surface area contributed by atoms with E-state index in [0.717, 1.165) is 88.3 Å². The van der Waals surface area contributed by atoms with Gasteiger partial charge in [0.15, 0.2) is 0 Å². The van der Waals surface area contributed by atoms with Gasteiger partial charge in [-0.3, -0.25) is 14.8 Å². The molecule has 4 aromatic rings. The van der Waals surface area contributed by atoms with Crippen molar-refractivity contribution in [2.24, 2.45) is 20.2 Å². The largest absolute Gasteiger partial charge is 0.494 e. The SMILES string of the molecule is C=CC(=O)OCCCCOc1ccc(C=Nc2ccc(/C(C)=N/N=C(\C)c3ccc(N=Cc4ccc(OCCCCOC(C)=O)cc4)cc3)cc2)cc1. The molecular weight excluding hydrogens is 668 g/mol. The highest BCUT2D eigenvalue weighted by atomic mass is 16.5. The van der Waals surface area contributed by atoms with Crippen LogP contribution in [0.3, 0.4) is 0 Å². The summed E-state index contributed by atoms with van der Waals surface area (Å²) in [5, 5.41) is 8.93. The molecule has 0 unspecified atom stereocenters. The van der Waals surface area contributed by atoms with E-state index in [9.17, 15) is 9.59 Å². The molecule has 0 aliphatic carbocycles. The quantitative estimate of drug-likeness (QED) is 0.0296. The molecule has 0 amide bonds. The molecule has 0 aromatic heterocycles. The number of benzene rings is 4. The van der Waals surface area contributed by atoms with Crippen molar-refractivity contribution in [3.8, 4) is 11.5 Å². The van der Waals surface area contributed by atoms with E-state index in [4.69, 9.17) is 18.9 Å². The van der Waals surface area contributed by atoms with E-state index < -0.39 is 5.97 Å². The molecule has 0 bridgehead atoms. The van der Waals surface area contributed by atoms with Crippen molar-refractivity contribution in [2.45, 2.75) is 46.5 Å². The molecule has 0 aliphatic heterocycles. The molecular formula is C43H46N4O6. The van der Waals surface area contributed by atoms with Crippen LogP contribution in [0, 0.1) is 0 Å². The summed E-state index contributed by atoms with van der Waals surface area (Å²) in [7, 11) is 0. The number of ether oxygens (including phenoxy) is 4. The molecule has 0 fully saturated rings. The van der Waals surface area contributed by atoms with Crippen LogP contribution >= 0.6 is 0 Å². The number of esters is 2. The number of nitrogens with zero attached hydrogens (tertiary/aromatic N) is 4. The second kappa shape index (κ2) is 21.9. The second-order valence-electron chi connectivity index (χ2n) is 11.9. The maximum Gasteiger partial charge on any atom is 0.330 e. The normalized spacial score (nSPS) is 11.8. The van der Waals surface area contributed by atoms with E-state index in [0.29, 0.717) is 26.4 Å². The molecule has 10 heteroatoms. The molecule has 4 aromatic carbocycles. The number of carbonyl (C=O) groups excluding carboxylic acids is 2. The van der Waals surface area contributed by atoms with Gasteiger partial charge in [-0.2, -0.15) is 10.2 Å². The van der Waals surface area contributed by atoms with Gasteiger partial charge in [-0.15, -0.1) is 0 Å². The maximum atomic E-state index is 11.1. The Bertz CT molecular complexity index is 1880. The highest BCUT2D eigenvalue weighted by Gasteiger charge is 2.02. The topological polar surface area (TPSA) is 120 Å². The zero-order valence-electron chi connectivity index (χ0n) is 30.6. The third-order valence-electron chi connectivity index (χ3n) is 7.74. The summed E-state index contributed by atoms with van der Waals surface area (Å²) >= 11 is 0. The average Bonchev–Trinajstić information content (AvgIpc) is 3.18. The molecule has 0 radical (unpaired) electrons. The monoisotopic (exact) mass is 714 g/mol. The molecule has 53 heavy (non-hydrogen) atoms.